The molecule has 3 rings (SSSR count). The molecule has 0 unspecified atom stereocenters. The third kappa shape index (κ3) is 4.66. The van der Waals surface area contributed by atoms with Gasteiger partial charge in [-0.3, -0.25) is 9.59 Å². The Morgan fingerprint density at radius 3 is 2.06 bits per heavy atom. The van der Waals surface area contributed by atoms with Crippen LogP contribution in [0.5, 0.6) is 0 Å². The maximum absolute atomic E-state index is 13.1. The molecule has 7 nitrogen and oxygen atoms in total. The minimum Gasteiger partial charge on any atom is -0.369 e. The Balaban J connectivity index is 1.92. The molecule has 0 saturated carbocycles. The summed E-state index contributed by atoms with van der Waals surface area (Å²) < 4.78 is 103. The third-order valence-electron chi connectivity index (χ3n) is 5.84. The Morgan fingerprint density at radius 1 is 1.03 bits per heavy atom. The Bertz CT molecular complexity index is 1280. The van der Waals surface area contributed by atoms with Crippen molar-refractivity contribution in [1.82, 2.24) is 4.90 Å². The van der Waals surface area contributed by atoms with Crippen LogP contribution in [0.2, 0.25) is 0 Å². The molecule has 14 heteroatoms. The molecule has 1 aliphatic heterocycles. The number of sulfone groups is 1. The van der Waals surface area contributed by atoms with Gasteiger partial charge in [-0.1, -0.05) is 25.1 Å². The summed E-state index contributed by atoms with van der Waals surface area (Å²) in [5.74, 6) is -1.52. The molecular weight excluding hydrogens is 518 g/mol. The number of carbonyl (C=O) groups excluding carboxylic acids is 2. The van der Waals surface area contributed by atoms with Gasteiger partial charge in [0.2, 0.25) is 5.91 Å². The summed E-state index contributed by atoms with van der Waals surface area (Å²) in [7, 11) is -3.57. The van der Waals surface area contributed by atoms with Gasteiger partial charge in [-0.15, -0.1) is 0 Å². The number of benzene rings is 2. The largest absolute Gasteiger partial charge is 0.430 e. The highest BCUT2D eigenvalue weighted by Crippen LogP contribution is 2.50. The lowest BCUT2D eigenvalue weighted by molar-refractivity contribution is -0.376. The van der Waals surface area contributed by atoms with E-state index in [9.17, 15) is 49.5 Å². The zero-order chi connectivity index (χ0) is 27.3. The number of halogens is 6. The van der Waals surface area contributed by atoms with Crippen molar-refractivity contribution in [1.29, 1.82) is 0 Å². The summed E-state index contributed by atoms with van der Waals surface area (Å²) in [5, 5.41) is 11.8. The van der Waals surface area contributed by atoms with Crippen molar-refractivity contribution < 1.29 is 49.5 Å². The first kappa shape index (κ1) is 27.5. The quantitative estimate of drug-likeness (QED) is 0.564. The van der Waals surface area contributed by atoms with E-state index in [1.807, 2.05) is 0 Å². The van der Waals surface area contributed by atoms with E-state index in [1.54, 1.807) is 0 Å². The molecule has 2 N–H and O–H groups in total. The van der Waals surface area contributed by atoms with Crippen LogP contribution < -0.4 is 5.32 Å². The Kier molecular flexibility index (Phi) is 6.92. The van der Waals surface area contributed by atoms with Crippen molar-refractivity contribution in [3.8, 4) is 0 Å². The second-order valence-corrected chi connectivity index (χ2v) is 10.4. The molecule has 0 radical (unpaired) electrons. The number of aliphatic hydroxyl groups is 1. The predicted molar refractivity (Wildman–Crippen MR) is 114 cm³/mol. The average Bonchev–Trinajstić information content (AvgIpc) is 3.17. The fraction of sp³-hybridized carbons (Fsp3) is 0.364. The summed E-state index contributed by atoms with van der Waals surface area (Å²) in [5.41, 5.74) is -6.10. The number of anilines is 1. The van der Waals surface area contributed by atoms with Crippen LogP contribution in [-0.2, 0) is 31.6 Å². The molecule has 0 saturated heterocycles. The molecule has 196 valence electrons. The van der Waals surface area contributed by atoms with Crippen molar-refractivity contribution in [3.05, 3.63) is 59.2 Å². The predicted octanol–water partition coefficient (Wildman–Crippen LogP) is 3.83. The van der Waals surface area contributed by atoms with Crippen molar-refractivity contribution >= 4 is 27.3 Å². The topological polar surface area (TPSA) is 104 Å². The molecule has 0 aromatic heterocycles. The number of hydrogen-bond donors (Lipinski definition) is 2. The van der Waals surface area contributed by atoms with E-state index in [1.165, 1.54) is 32.0 Å². The summed E-state index contributed by atoms with van der Waals surface area (Å²) in [6, 6.07) is 5.04. The van der Waals surface area contributed by atoms with Crippen LogP contribution in [0.25, 0.3) is 0 Å². The third-order valence-corrected chi connectivity index (χ3v) is 7.58. The van der Waals surface area contributed by atoms with Gasteiger partial charge < -0.3 is 15.3 Å². The zero-order valence-electron chi connectivity index (χ0n) is 18.7. The van der Waals surface area contributed by atoms with Gasteiger partial charge in [0.1, 0.15) is 6.04 Å². The van der Waals surface area contributed by atoms with Crippen LogP contribution in [0.1, 0.15) is 36.6 Å². The van der Waals surface area contributed by atoms with Gasteiger partial charge in [0.05, 0.1) is 10.6 Å². The molecule has 1 aliphatic rings. The highest BCUT2D eigenvalue weighted by atomic mass is 32.2. The lowest BCUT2D eigenvalue weighted by atomic mass is 9.92. The SMILES string of the molecule is CCS(=O)(=O)c1ccc2c(c1)CN(C(C)=O)[C@@H]2C(=O)Nc1ccc(C(O)(C(F)(F)F)C(F)(F)F)cc1. The van der Waals surface area contributed by atoms with Crippen LogP contribution in [0, 0.1) is 0 Å². The number of alkyl halides is 6. The number of nitrogens with zero attached hydrogens (tertiary/aromatic N) is 1. The van der Waals surface area contributed by atoms with E-state index in [2.05, 4.69) is 5.32 Å². The normalized spacial score (nSPS) is 16.6. The summed E-state index contributed by atoms with van der Waals surface area (Å²) in [6.45, 7) is 2.55. The fourth-order valence-corrected chi connectivity index (χ4v) is 4.79. The number of hydrogen-bond acceptors (Lipinski definition) is 5. The lowest BCUT2D eigenvalue weighted by Gasteiger charge is -2.32. The van der Waals surface area contributed by atoms with Crippen LogP contribution in [0.3, 0.4) is 0 Å². The number of carbonyl (C=O) groups is 2. The summed E-state index contributed by atoms with van der Waals surface area (Å²) in [4.78, 5) is 26.3. The van der Waals surface area contributed by atoms with Crippen LogP contribution in [-0.4, -0.2) is 48.3 Å². The maximum Gasteiger partial charge on any atom is 0.430 e. The van der Waals surface area contributed by atoms with Crippen LogP contribution in [0.15, 0.2) is 47.4 Å². The highest BCUT2D eigenvalue weighted by molar-refractivity contribution is 7.91. The zero-order valence-corrected chi connectivity index (χ0v) is 19.6. The standard InChI is InChI=1S/C22H20F6N2O5S/c1-3-36(34,35)16-8-9-17-13(10-16)11-30(12(2)31)18(17)19(32)29-15-6-4-14(5-7-15)20(33,21(23,24)25)22(26,27)28/h4-10,18,33H,3,11H2,1-2H3,(H,29,32)/t18-/m0/s1. The van der Waals surface area contributed by atoms with Crippen molar-refractivity contribution in [2.24, 2.45) is 0 Å². The molecule has 0 aliphatic carbocycles. The monoisotopic (exact) mass is 538 g/mol. The molecule has 36 heavy (non-hydrogen) atoms. The van der Waals surface area contributed by atoms with E-state index < -0.39 is 51.2 Å². The molecule has 0 spiro atoms. The van der Waals surface area contributed by atoms with Gasteiger partial charge >= 0.3 is 12.4 Å². The molecule has 2 amide bonds. The van der Waals surface area contributed by atoms with E-state index in [-0.39, 0.29) is 22.9 Å². The fourth-order valence-electron chi connectivity index (χ4n) is 3.86. The van der Waals surface area contributed by atoms with Gasteiger partial charge in [-0.2, -0.15) is 26.3 Å². The van der Waals surface area contributed by atoms with Crippen LogP contribution in [0.4, 0.5) is 32.0 Å². The molecule has 1 atom stereocenters. The molecule has 2 aromatic carbocycles. The second-order valence-electron chi connectivity index (χ2n) is 8.09. The number of rotatable bonds is 5. The van der Waals surface area contributed by atoms with Gasteiger partial charge in [0, 0.05) is 24.7 Å². The first-order valence-corrected chi connectivity index (χ1v) is 12.0. The summed E-state index contributed by atoms with van der Waals surface area (Å²) >= 11 is 0. The molecule has 0 fully saturated rings. The molecule has 0 bridgehead atoms. The smallest absolute Gasteiger partial charge is 0.369 e. The minimum absolute atomic E-state index is 0.00529. The van der Waals surface area contributed by atoms with Crippen molar-refractivity contribution in [3.63, 3.8) is 0 Å². The number of nitrogens with one attached hydrogen (secondary N) is 1. The van der Waals surface area contributed by atoms with E-state index in [0.717, 1.165) is 17.0 Å². The van der Waals surface area contributed by atoms with E-state index in [0.29, 0.717) is 23.3 Å². The molecular formula is C22H20F6N2O5S. The number of fused-ring (bicyclic) bond motifs is 1. The number of amides is 2. The Labute approximate surface area is 201 Å². The Morgan fingerprint density at radius 2 is 1.58 bits per heavy atom. The van der Waals surface area contributed by atoms with Gasteiger partial charge in [0.25, 0.3) is 11.5 Å². The molecule has 1 heterocycles. The minimum atomic E-state index is -6.06. The second kappa shape index (κ2) is 9.07. The lowest BCUT2D eigenvalue weighted by Crippen LogP contribution is -2.53. The average molecular weight is 538 g/mol. The first-order valence-electron chi connectivity index (χ1n) is 10.3. The van der Waals surface area contributed by atoms with Crippen molar-refractivity contribution in [2.45, 2.75) is 49.3 Å². The summed E-state index contributed by atoms with van der Waals surface area (Å²) in [6.07, 6.45) is -12.1. The van der Waals surface area contributed by atoms with E-state index in [4.69, 9.17) is 0 Å². The maximum atomic E-state index is 13.1. The van der Waals surface area contributed by atoms with E-state index >= 15 is 0 Å². The molecule has 2 aromatic rings. The highest BCUT2D eigenvalue weighted by Gasteiger charge is 2.71. The van der Waals surface area contributed by atoms with Gasteiger partial charge in [-0.05, 0) is 35.4 Å². The van der Waals surface area contributed by atoms with Gasteiger partial charge in [0.15, 0.2) is 9.84 Å². The van der Waals surface area contributed by atoms with Crippen molar-refractivity contribution in [2.75, 3.05) is 11.1 Å². The van der Waals surface area contributed by atoms with Gasteiger partial charge in [-0.25, -0.2) is 8.42 Å². The van der Waals surface area contributed by atoms with Crippen LogP contribution >= 0.6 is 0 Å². The Hall–Kier alpha value is -3.13. The first-order chi connectivity index (χ1) is 16.4.